The number of nitrogens with one attached hydrogen (secondary N) is 3. The molecule has 0 bridgehead atoms. The fraction of sp³-hybridized carbons (Fsp3) is 0.321. The van der Waals surface area contributed by atoms with Crippen LogP contribution in [0.1, 0.15) is 12.8 Å². The second kappa shape index (κ2) is 11.5. The third-order valence-electron chi connectivity index (χ3n) is 6.93. The quantitative estimate of drug-likeness (QED) is 0.247. The van der Waals surface area contributed by atoms with Crippen LogP contribution in [0.4, 0.5) is 0 Å². The van der Waals surface area contributed by atoms with E-state index in [1.54, 1.807) is 34.6 Å². The molecule has 10 heteroatoms. The number of aromatic nitrogens is 2. The van der Waals surface area contributed by atoms with Crippen molar-refractivity contribution in [3.8, 4) is 16.9 Å². The van der Waals surface area contributed by atoms with Crippen molar-refractivity contribution in [2.45, 2.75) is 23.8 Å². The van der Waals surface area contributed by atoms with Crippen LogP contribution in [0.15, 0.2) is 82.5 Å². The van der Waals surface area contributed by atoms with Crippen LogP contribution in [-0.4, -0.2) is 66.7 Å². The molecule has 0 saturated carbocycles. The van der Waals surface area contributed by atoms with Gasteiger partial charge in [0.15, 0.2) is 0 Å². The molecule has 3 aromatic carbocycles. The summed E-state index contributed by atoms with van der Waals surface area (Å²) < 4.78 is 33.6. The van der Waals surface area contributed by atoms with Gasteiger partial charge in [0.2, 0.25) is 10.0 Å². The first-order valence-corrected chi connectivity index (χ1v) is 14.2. The van der Waals surface area contributed by atoms with E-state index >= 15 is 0 Å². The Morgan fingerprint density at radius 1 is 0.947 bits per heavy atom. The molecule has 0 spiro atoms. The number of sulfonamides is 1. The van der Waals surface area contributed by atoms with Crippen LogP contribution in [0.2, 0.25) is 0 Å². The van der Waals surface area contributed by atoms with Gasteiger partial charge >= 0.3 is 5.69 Å². The number of hydrogen-bond acceptors (Lipinski definition) is 6. The number of para-hydroxylation sites is 1. The summed E-state index contributed by atoms with van der Waals surface area (Å²) in [6.45, 7) is 2.07. The molecule has 9 nitrogen and oxygen atoms in total. The van der Waals surface area contributed by atoms with E-state index in [1.807, 2.05) is 42.5 Å². The molecular formula is C28H32N4O5S. The average Bonchev–Trinajstić information content (AvgIpc) is 3.33. The standard InChI is InChI=1S/C28H32N4O5S/c33-23(19-37-26-8-4-7-25-27(26)31-28(34)30-25)18-29-17-20-13-15-32(16-14-20)38(35,36)24-11-9-22(10-12-24)21-5-2-1-3-6-21/h1-12,20,23,29,33H,13-19H2,(H2,30,31,34)/t23-/m0/s1. The number of aliphatic hydroxyl groups excluding tert-OH is 1. The number of aromatic amines is 2. The van der Waals surface area contributed by atoms with E-state index in [4.69, 9.17) is 4.74 Å². The molecule has 0 unspecified atom stereocenters. The van der Waals surface area contributed by atoms with Crippen molar-refractivity contribution < 1.29 is 18.3 Å². The lowest BCUT2D eigenvalue weighted by atomic mass is 9.98. The zero-order valence-electron chi connectivity index (χ0n) is 21.0. The van der Waals surface area contributed by atoms with E-state index in [1.165, 1.54) is 0 Å². The van der Waals surface area contributed by atoms with Crippen LogP contribution in [-0.2, 0) is 10.0 Å². The van der Waals surface area contributed by atoms with Crippen molar-refractivity contribution in [3.63, 3.8) is 0 Å². The van der Waals surface area contributed by atoms with Crippen LogP contribution in [0.5, 0.6) is 5.75 Å². The monoisotopic (exact) mass is 536 g/mol. The molecular weight excluding hydrogens is 504 g/mol. The maximum absolute atomic E-state index is 13.2. The lowest BCUT2D eigenvalue weighted by Gasteiger charge is -2.31. The summed E-state index contributed by atoms with van der Waals surface area (Å²) >= 11 is 0. The molecule has 200 valence electrons. The number of fused-ring (bicyclic) bond motifs is 1. The summed E-state index contributed by atoms with van der Waals surface area (Å²) in [7, 11) is -3.53. The number of piperidine rings is 1. The molecule has 1 fully saturated rings. The molecule has 4 aromatic rings. The van der Waals surface area contributed by atoms with Gasteiger partial charge in [0.1, 0.15) is 24.0 Å². The maximum Gasteiger partial charge on any atom is 0.323 e. The number of nitrogens with zero attached hydrogens (tertiary/aromatic N) is 1. The maximum atomic E-state index is 13.2. The molecule has 0 radical (unpaired) electrons. The first kappa shape index (κ1) is 26.2. The van der Waals surface area contributed by atoms with Gasteiger partial charge in [-0.1, -0.05) is 48.5 Å². The van der Waals surface area contributed by atoms with Crippen LogP contribution in [0, 0.1) is 5.92 Å². The zero-order valence-corrected chi connectivity index (χ0v) is 21.8. The molecule has 5 rings (SSSR count). The molecule has 1 saturated heterocycles. The minimum absolute atomic E-state index is 0.0824. The highest BCUT2D eigenvalue weighted by atomic mass is 32.2. The van der Waals surface area contributed by atoms with E-state index < -0.39 is 16.1 Å². The van der Waals surface area contributed by atoms with Crippen LogP contribution < -0.4 is 15.7 Å². The lowest BCUT2D eigenvalue weighted by Crippen LogP contribution is -2.42. The Kier molecular flexibility index (Phi) is 7.94. The molecule has 1 atom stereocenters. The molecule has 2 heterocycles. The largest absolute Gasteiger partial charge is 0.489 e. The molecule has 1 aliphatic heterocycles. The lowest BCUT2D eigenvalue weighted by molar-refractivity contribution is 0.105. The second-order valence-corrected chi connectivity index (χ2v) is 11.6. The Morgan fingerprint density at radius 3 is 2.39 bits per heavy atom. The average molecular weight is 537 g/mol. The normalized spacial score (nSPS) is 16.0. The molecule has 1 aromatic heterocycles. The Hall–Kier alpha value is -3.44. The van der Waals surface area contributed by atoms with Crippen molar-refractivity contribution in [2.24, 2.45) is 5.92 Å². The van der Waals surface area contributed by atoms with E-state index in [-0.39, 0.29) is 12.3 Å². The van der Waals surface area contributed by atoms with Crippen LogP contribution in [0.25, 0.3) is 22.2 Å². The summed E-state index contributed by atoms with van der Waals surface area (Å²) in [5.74, 6) is 0.830. The minimum Gasteiger partial charge on any atom is -0.489 e. The van der Waals surface area contributed by atoms with E-state index in [9.17, 15) is 18.3 Å². The third-order valence-corrected chi connectivity index (χ3v) is 8.84. The van der Waals surface area contributed by atoms with E-state index in [2.05, 4.69) is 15.3 Å². The Morgan fingerprint density at radius 2 is 1.66 bits per heavy atom. The van der Waals surface area contributed by atoms with Crippen LogP contribution in [0.3, 0.4) is 0 Å². The summed E-state index contributed by atoms with van der Waals surface area (Å²) in [6.07, 6.45) is 0.781. The highest BCUT2D eigenvalue weighted by molar-refractivity contribution is 7.89. The molecule has 4 N–H and O–H groups in total. The number of rotatable bonds is 10. The third kappa shape index (κ3) is 5.99. The Labute approximate surface area is 221 Å². The van der Waals surface area contributed by atoms with Gasteiger partial charge in [-0.05, 0) is 60.7 Å². The predicted molar refractivity (Wildman–Crippen MR) is 147 cm³/mol. The summed E-state index contributed by atoms with van der Waals surface area (Å²) in [4.78, 5) is 17.2. The van der Waals surface area contributed by atoms with Crippen molar-refractivity contribution in [2.75, 3.05) is 32.8 Å². The predicted octanol–water partition coefficient (Wildman–Crippen LogP) is 2.95. The number of benzene rings is 3. The van der Waals surface area contributed by atoms with Gasteiger partial charge in [-0.15, -0.1) is 0 Å². The van der Waals surface area contributed by atoms with Crippen molar-refractivity contribution in [3.05, 3.63) is 83.3 Å². The molecule has 0 amide bonds. The van der Waals surface area contributed by atoms with Gasteiger partial charge in [0.25, 0.3) is 0 Å². The summed E-state index contributed by atoms with van der Waals surface area (Å²) in [5, 5.41) is 13.6. The first-order chi connectivity index (χ1) is 18.4. The summed E-state index contributed by atoms with van der Waals surface area (Å²) in [6, 6.07) is 22.2. The first-order valence-electron chi connectivity index (χ1n) is 12.8. The topological polar surface area (TPSA) is 128 Å². The Balaban J connectivity index is 1.06. The van der Waals surface area contributed by atoms with Gasteiger partial charge in [-0.3, -0.25) is 0 Å². The Bertz CT molecular complexity index is 1510. The minimum atomic E-state index is -3.53. The smallest absolute Gasteiger partial charge is 0.323 e. The van der Waals surface area contributed by atoms with Gasteiger partial charge in [-0.25, -0.2) is 13.2 Å². The second-order valence-electron chi connectivity index (χ2n) is 9.62. The highest BCUT2D eigenvalue weighted by Crippen LogP contribution is 2.26. The SMILES string of the molecule is O=c1[nH]c2cccc(OC[C@@H](O)CNCC3CCN(S(=O)(=O)c4ccc(-c5ccccc5)cc4)CC3)c2[nH]1. The van der Waals surface area contributed by atoms with Crippen LogP contribution >= 0.6 is 0 Å². The highest BCUT2D eigenvalue weighted by Gasteiger charge is 2.29. The molecule has 1 aliphatic rings. The van der Waals surface area contributed by atoms with Crippen molar-refractivity contribution in [1.29, 1.82) is 0 Å². The number of aliphatic hydroxyl groups is 1. The molecule has 38 heavy (non-hydrogen) atoms. The number of hydrogen-bond donors (Lipinski definition) is 4. The zero-order chi connectivity index (χ0) is 26.5. The van der Waals surface area contributed by atoms with Crippen molar-refractivity contribution in [1.82, 2.24) is 19.6 Å². The molecule has 0 aliphatic carbocycles. The van der Waals surface area contributed by atoms with Gasteiger partial charge < -0.3 is 25.1 Å². The summed E-state index contributed by atoms with van der Waals surface area (Å²) in [5.41, 5.74) is 2.96. The van der Waals surface area contributed by atoms with E-state index in [0.717, 1.165) is 24.0 Å². The fourth-order valence-electron chi connectivity index (χ4n) is 4.80. The number of imidazole rings is 1. The number of H-pyrrole nitrogens is 2. The van der Waals surface area contributed by atoms with E-state index in [0.29, 0.717) is 53.8 Å². The van der Waals surface area contributed by atoms with Gasteiger partial charge in [0.05, 0.1) is 10.4 Å². The van der Waals surface area contributed by atoms with Gasteiger partial charge in [-0.2, -0.15) is 4.31 Å². The fourth-order valence-corrected chi connectivity index (χ4v) is 6.27. The van der Waals surface area contributed by atoms with Gasteiger partial charge in [0, 0.05) is 19.6 Å². The van der Waals surface area contributed by atoms with Crippen molar-refractivity contribution >= 4 is 21.1 Å². The number of ether oxygens (including phenoxy) is 1.